The minimum Gasteiger partial charge on any atom is -0.480 e. The van der Waals surface area contributed by atoms with E-state index in [1.807, 2.05) is 0 Å². The van der Waals surface area contributed by atoms with Crippen LogP contribution in [0.1, 0.15) is 25.6 Å². The average molecular weight is 256 g/mol. The molecule has 0 aromatic carbocycles. The second-order valence-electron chi connectivity index (χ2n) is 4.30. The highest BCUT2D eigenvalue weighted by atomic mass is 16.5. The first-order chi connectivity index (χ1) is 8.31. The van der Waals surface area contributed by atoms with Crippen LogP contribution in [-0.2, 0) is 11.2 Å². The molecule has 0 aliphatic heterocycles. The van der Waals surface area contributed by atoms with Gasteiger partial charge < -0.3 is 20.3 Å². The number of aliphatic carboxylic acids is 1. The Labute approximate surface area is 104 Å². The lowest BCUT2D eigenvalue weighted by Gasteiger charge is -2.20. The Morgan fingerprint density at radius 2 is 2.11 bits per heavy atom. The average Bonchev–Trinajstić information content (AvgIpc) is 2.63. The van der Waals surface area contributed by atoms with Gasteiger partial charge in [-0.3, -0.25) is 0 Å². The fourth-order valence-corrected chi connectivity index (χ4v) is 1.11. The molecule has 1 heterocycles. The summed E-state index contributed by atoms with van der Waals surface area (Å²) in [4.78, 5) is 26.2. The third-order valence-corrected chi connectivity index (χ3v) is 2.15. The van der Waals surface area contributed by atoms with Crippen LogP contribution in [0, 0.1) is 6.92 Å². The fraction of sp³-hybridized carbons (Fsp3) is 0.600. The zero-order chi connectivity index (χ0) is 13.8. The molecule has 0 unspecified atom stereocenters. The Morgan fingerprint density at radius 1 is 1.44 bits per heavy atom. The molecule has 1 aromatic heterocycles. The summed E-state index contributed by atoms with van der Waals surface area (Å²) in [6.45, 7) is 4.78. The molecule has 2 amide bonds. The highest BCUT2D eigenvalue weighted by Crippen LogP contribution is 2.01. The molecule has 100 valence electrons. The number of hydrogen-bond donors (Lipinski definition) is 3. The maximum atomic E-state index is 11.4. The molecule has 0 saturated carbocycles. The van der Waals surface area contributed by atoms with Crippen molar-refractivity contribution >= 4 is 12.0 Å². The summed E-state index contributed by atoms with van der Waals surface area (Å²) < 4.78 is 4.86. The standard InChI is InChI=1S/C10H16N4O4/c1-6-12-7(18-14-6)4-5-11-9(17)13-10(2,3)8(15)16/h4-5H2,1-3H3,(H,15,16)(H2,11,13,17). The van der Waals surface area contributed by atoms with Gasteiger partial charge in [-0.2, -0.15) is 4.98 Å². The van der Waals surface area contributed by atoms with E-state index >= 15 is 0 Å². The van der Waals surface area contributed by atoms with E-state index < -0.39 is 17.5 Å². The Kier molecular flexibility index (Phi) is 4.24. The number of carboxylic acids is 1. The molecule has 0 atom stereocenters. The molecule has 0 fully saturated rings. The number of aryl methyl sites for hydroxylation is 1. The van der Waals surface area contributed by atoms with Gasteiger partial charge >= 0.3 is 12.0 Å². The molecule has 0 aliphatic rings. The van der Waals surface area contributed by atoms with Gasteiger partial charge in [-0.05, 0) is 20.8 Å². The Bertz CT molecular complexity index is 441. The Hall–Kier alpha value is -2.12. The first kappa shape index (κ1) is 13.9. The van der Waals surface area contributed by atoms with E-state index in [2.05, 4.69) is 20.8 Å². The highest BCUT2D eigenvalue weighted by Gasteiger charge is 2.28. The van der Waals surface area contributed by atoms with Crippen LogP contribution in [0.4, 0.5) is 4.79 Å². The van der Waals surface area contributed by atoms with Crippen LogP contribution >= 0.6 is 0 Å². The monoisotopic (exact) mass is 256 g/mol. The summed E-state index contributed by atoms with van der Waals surface area (Å²) in [6.07, 6.45) is 0.391. The van der Waals surface area contributed by atoms with Crippen molar-refractivity contribution in [2.45, 2.75) is 32.7 Å². The van der Waals surface area contributed by atoms with E-state index in [1.165, 1.54) is 13.8 Å². The van der Waals surface area contributed by atoms with Gasteiger partial charge in [0.15, 0.2) is 5.82 Å². The summed E-state index contributed by atoms with van der Waals surface area (Å²) in [5.41, 5.74) is -1.31. The molecular weight excluding hydrogens is 240 g/mol. The fourth-order valence-electron chi connectivity index (χ4n) is 1.11. The van der Waals surface area contributed by atoms with Crippen LogP contribution in [0.5, 0.6) is 0 Å². The number of hydrogen-bond acceptors (Lipinski definition) is 5. The molecule has 0 spiro atoms. The maximum absolute atomic E-state index is 11.4. The van der Waals surface area contributed by atoms with E-state index in [0.717, 1.165) is 0 Å². The van der Waals surface area contributed by atoms with E-state index in [0.29, 0.717) is 18.1 Å². The van der Waals surface area contributed by atoms with Gasteiger partial charge in [0.2, 0.25) is 5.89 Å². The number of carbonyl (C=O) groups excluding carboxylic acids is 1. The van der Waals surface area contributed by atoms with Crippen molar-refractivity contribution in [3.05, 3.63) is 11.7 Å². The van der Waals surface area contributed by atoms with Crippen LogP contribution in [-0.4, -0.2) is 39.3 Å². The number of rotatable bonds is 5. The molecular formula is C10H16N4O4. The van der Waals surface area contributed by atoms with Gasteiger partial charge in [0.25, 0.3) is 0 Å². The minimum atomic E-state index is -1.31. The number of aromatic nitrogens is 2. The number of nitrogens with zero attached hydrogens (tertiary/aromatic N) is 2. The molecule has 8 heteroatoms. The van der Waals surface area contributed by atoms with Crippen LogP contribution in [0.2, 0.25) is 0 Å². The predicted molar refractivity (Wildman–Crippen MR) is 61.0 cm³/mol. The van der Waals surface area contributed by atoms with Crippen LogP contribution in [0.3, 0.4) is 0 Å². The quantitative estimate of drug-likeness (QED) is 0.687. The lowest BCUT2D eigenvalue weighted by atomic mass is 10.1. The molecule has 8 nitrogen and oxygen atoms in total. The molecule has 18 heavy (non-hydrogen) atoms. The van der Waals surface area contributed by atoms with Crippen LogP contribution < -0.4 is 10.6 Å². The Morgan fingerprint density at radius 3 is 2.61 bits per heavy atom. The van der Waals surface area contributed by atoms with Crippen molar-refractivity contribution in [1.29, 1.82) is 0 Å². The van der Waals surface area contributed by atoms with Gasteiger partial charge in [-0.15, -0.1) is 0 Å². The van der Waals surface area contributed by atoms with Crippen molar-refractivity contribution < 1.29 is 19.2 Å². The molecule has 0 aliphatic carbocycles. The molecule has 3 N–H and O–H groups in total. The first-order valence-corrected chi connectivity index (χ1v) is 5.40. The third-order valence-electron chi connectivity index (χ3n) is 2.15. The number of urea groups is 1. The summed E-state index contributed by atoms with van der Waals surface area (Å²) in [7, 11) is 0. The predicted octanol–water partition coefficient (Wildman–Crippen LogP) is 0.0829. The summed E-state index contributed by atoms with van der Waals surface area (Å²) in [5.74, 6) is -0.156. The second-order valence-corrected chi connectivity index (χ2v) is 4.30. The topological polar surface area (TPSA) is 117 Å². The third kappa shape index (κ3) is 4.04. The van der Waals surface area contributed by atoms with Crippen LogP contribution in [0.15, 0.2) is 4.52 Å². The van der Waals surface area contributed by atoms with Gasteiger partial charge in [-0.25, -0.2) is 9.59 Å². The van der Waals surface area contributed by atoms with Crippen molar-refractivity contribution in [2.75, 3.05) is 6.54 Å². The zero-order valence-corrected chi connectivity index (χ0v) is 10.5. The summed E-state index contributed by atoms with van der Waals surface area (Å²) in [6, 6.07) is -0.557. The molecule has 1 aromatic rings. The SMILES string of the molecule is Cc1noc(CCNC(=O)NC(C)(C)C(=O)O)n1. The van der Waals surface area contributed by atoms with Gasteiger partial charge in [0.1, 0.15) is 5.54 Å². The van der Waals surface area contributed by atoms with Crippen LogP contribution in [0.25, 0.3) is 0 Å². The van der Waals surface area contributed by atoms with E-state index in [4.69, 9.17) is 9.63 Å². The number of carboxylic acid groups (broad SMARTS) is 1. The zero-order valence-electron chi connectivity index (χ0n) is 10.5. The second kappa shape index (κ2) is 5.48. The lowest BCUT2D eigenvalue weighted by molar-refractivity contribution is -0.142. The molecule has 1 rings (SSSR count). The normalized spacial score (nSPS) is 11.1. The van der Waals surface area contributed by atoms with E-state index in [9.17, 15) is 9.59 Å². The van der Waals surface area contributed by atoms with Crippen molar-refractivity contribution in [3.63, 3.8) is 0 Å². The first-order valence-electron chi connectivity index (χ1n) is 5.40. The highest BCUT2D eigenvalue weighted by molar-refractivity contribution is 5.85. The smallest absolute Gasteiger partial charge is 0.328 e. The summed E-state index contributed by atoms with van der Waals surface area (Å²) >= 11 is 0. The van der Waals surface area contributed by atoms with Crippen molar-refractivity contribution in [1.82, 2.24) is 20.8 Å². The minimum absolute atomic E-state index is 0.281. The molecule has 0 bridgehead atoms. The molecule has 0 radical (unpaired) electrons. The van der Waals surface area contributed by atoms with Gasteiger partial charge in [-0.1, -0.05) is 5.16 Å². The van der Waals surface area contributed by atoms with Crippen molar-refractivity contribution in [2.24, 2.45) is 0 Å². The van der Waals surface area contributed by atoms with E-state index in [-0.39, 0.29) is 6.54 Å². The number of nitrogens with one attached hydrogen (secondary N) is 2. The number of carbonyl (C=O) groups is 2. The largest absolute Gasteiger partial charge is 0.480 e. The lowest BCUT2D eigenvalue weighted by Crippen LogP contribution is -2.53. The van der Waals surface area contributed by atoms with Crippen molar-refractivity contribution in [3.8, 4) is 0 Å². The van der Waals surface area contributed by atoms with Gasteiger partial charge in [0.05, 0.1) is 0 Å². The summed E-state index contributed by atoms with van der Waals surface area (Å²) in [5, 5.41) is 17.3. The maximum Gasteiger partial charge on any atom is 0.328 e. The molecule has 0 saturated heterocycles. The Balaban J connectivity index is 2.32. The number of amides is 2. The van der Waals surface area contributed by atoms with E-state index in [1.54, 1.807) is 6.92 Å². The van der Waals surface area contributed by atoms with Gasteiger partial charge in [0, 0.05) is 13.0 Å².